The summed E-state index contributed by atoms with van der Waals surface area (Å²) in [6, 6.07) is 1.24. The van der Waals surface area contributed by atoms with Crippen LogP contribution >= 0.6 is 11.8 Å². The molecule has 0 radical (unpaired) electrons. The van der Waals surface area contributed by atoms with Gasteiger partial charge in [0.15, 0.2) is 0 Å². The number of hydrogen-bond acceptors (Lipinski definition) is 5. The average molecular weight is 254 g/mol. The van der Waals surface area contributed by atoms with Gasteiger partial charge in [0.25, 0.3) is 0 Å². The lowest BCUT2D eigenvalue weighted by molar-refractivity contribution is 0.0479. The van der Waals surface area contributed by atoms with E-state index in [1.54, 1.807) is 0 Å². The SMILES string of the molecule is OCc1cn(C2CN(C3CCSCC3)C2)nn1. The van der Waals surface area contributed by atoms with Gasteiger partial charge in [-0.1, -0.05) is 5.21 Å². The van der Waals surface area contributed by atoms with E-state index in [-0.39, 0.29) is 6.61 Å². The van der Waals surface area contributed by atoms with E-state index in [1.165, 1.54) is 24.3 Å². The molecule has 5 nitrogen and oxygen atoms in total. The summed E-state index contributed by atoms with van der Waals surface area (Å²) in [6.07, 6.45) is 4.52. The number of nitrogens with zero attached hydrogens (tertiary/aromatic N) is 4. The molecule has 0 bridgehead atoms. The Morgan fingerprint density at radius 2 is 2.06 bits per heavy atom. The largest absolute Gasteiger partial charge is 0.390 e. The van der Waals surface area contributed by atoms with E-state index in [2.05, 4.69) is 27.0 Å². The van der Waals surface area contributed by atoms with E-state index in [0.29, 0.717) is 11.7 Å². The van der Waals surface area contributed by atoms with Crippen LogP contribution in [0.15, 0.2) is 6.20 Å². The highest BCUT2D eigenvalue weighted by molar-refractivity contribution is 7.99. The highest BCUT2D eigenvalue weighted by Crippen LogP contribution is 2.29. The molecule has 3 rings (SSSR count). The predicted octanol–water partition coefficient (Wildman–Crippen LogP) is 0.523. The molecule has 0 saturated carbocycles. The third-order valence-electron chi connectivity index (χ3n) is 3.69. The third-order valence-corrected chi connectivity index (χ3v) is 4.74. The quantitative estimate of drug-likeness (QED) is 0.852. The molecule has 0 spiro atoms. The van der Waals surface area contributed by atoms with Gasteiger partial charge in [0.05, 0.1) is 18.8 Å². The van der Waals surface area contributed by atoms with E-state index in [1.807, 2.05) is 10.9 Å². The second-order valence-corrected chi connectivity index (χ2v) is 6.02. The molecule has 2 aliphatic heterocycles. The normalized spacial score (nSPS) is 23.8. The van der Waals surface area contributed by atoms with Crippen molar-refractivity contribution in [3.63, 3.8) is 0 Å². The molecule has 0 unspecified atom stereocenters. The molecule has 1 aromatic heterocycles. The third kappa shape index (κ3) is 2.34. The first-order valence-corrected chi connectivity index (χ1v) is 7.35. The average Bonchev–Trinajstić information content (AvgIpc) is 2.77. The molecular weight excluding hydrogens is 236 g/mol. The predicted molar refractivity (Wildman–Crippen MR) is 66.9 cm³/mol. The van der Waals surface area contributed by atoms with Crippen molar-refractivity contribution in [1.29, 1.82) is 0 Å². The fourth-order valence-corrected chi connectivity index (χ4v) is 3.65. The van der Waals surface area contributed by atoms with E-state index < -0.39 is 0 Å². The van der Waals surface area contributed by atoms with Gasteiger partial charge in [-0.2, -0.15) is 11.8 Å². The maximum absolute atomic E-state index is 8.95. The molecule has 0 atom stereocenters. The van der Waals surface area contributed by atoms with Gasteiger partial charge < -0.3 is 5.11 Å². The summed E-state index contributed by atoms with van der Waals surface area (Å²) < 4.78 is 1.90. The van der Waals surface area contributed by atoms with E-state index >= 15 is 0 Å². The Bertz CT molecular complexity index is 371. The fourth-order valence-electron chi connectivity index (χ4n) is 2.57. The molecular formula is C11H18N4OS. The molecule has 94 valence electrons. The first-order valence-electron chi connectivity index (χ1n) is 6.20. The lowest BCUT2D eigenvalue weighted by atomic mass is 10.0. The summed E-state index contributed by atoms with van der Waals surface area (Å²) in [5.74, 6) is 2.62. The van der Waals surface area contributed by atoms with Gasteiger partial charge in [-0.05, 0) is 24.3 Å². The maximum Gasteiger partial charge on any atom is 0.108 e. The molecule has 0 amide bonds. The Morgan fingerprint density at radius 1 is 1.29 bits per heavy atom. The number of aromatic nitrogens is 3. The van der Waals surface area contributed by atoms with Crippen LogP contribution in [0.5, 0.6) is 0 Å². The summed E-state index contributed by atoms with van der Waals surface area (Å²) in [5, 5.41) is 16.9. The first-order chi connectivity index (χ1) is 8.36. The molecule has 3 heterocycles. The molecule has 2 saturated heterocycles. The van der Waals surface area contributed by atoms with Crippen LogP contribution in [0.4, 0.5) is 0 Å². The molecule has 2 fully saturated rings. The second-order valence-electron chi connectivity index (χ2n) is 4.80. The number of hydrogen-bond donors (Lipinski definition) is 1. The number of rotatable bonds is 3. The summed E-state index contributed by atoms with van der Waals surface area (Å²) >= 11 is 2.07. The second kappa shape index (κ2) is 4.96. The summed E-state index contributed by atoms with van der Waals surface area (Å²) in [6.45, 7) is 2.16. The van der Waals surface area contributed by atoms with Crippen molar-refractivity contribution in [2.24, 2.45) is 0 Å². The topological polar surface area (TPSA) is 54.2 Å². The van der Waals surface area contributed by atoms with Crippen molar-refractivity contribution < 1.29 is 5.11 Å². The molecule has 0 aliphatic carbocycles. The number of likely N-dealkylation sites (tertiary alicyclic amines) is 1. The van der Waals surface area contributed by atoms with Gasteiger partial charge in [0, 0.05) is 19.1 Å². The molecule has 17 heavy (non-hydrogen) atoms. The van der Waals surface area contributed by atoms with Crippen molar-refractivity contribution >= 4 is 11.8 Å². The summed E-state index contributed by atoms with van der Waals surface area (Å²) in [5.41, 5.74) is 0.664. The molecule has 6 heteroatoms. The van der Waals surface area contributed by atoms with E-state index in [9.17, 15) is 0 Å². The minimum atomic E-state index is -0.0176. The van der Waals surface area contributed by atoms with Crippen molar-refractivity contribution in [3.05, 3.63) is 11.9 Å². The van der Waals surface area contributed by atoms with Crippen LogP contribution < -0.4 is 0 Å². The number of thioether (sulfide) groups is 1. The smallest absolute Gasteiger partial charge is 0.108 e. The first kappa shape index (κ1) is 11.5. The van der Waals surface area contributed by atoms with Gasteiger partial charge in [0.1, 0.15) is 5.69 Å². The summed E-state index contributed by atoms with van der Waals surface area (Å²) in [4.78, 5) is 2.56. The Labute approximate surface area is 105 Å². The highest BCUT2D eigenvalue weighted by Gasteiger charge is 2.34. The van der Waals surface area contributed by atoms with Gasteiger partial charge in [-0.3, -0.25) is 4.90 Å². The maximum atomic E-state index is 8.95. The molecule has 1 N–H and O–H groups in total. The minimum Gasteiger partial charge on any atom is -0.390 e. The van der Waals surface area contributed by atoms with Crippen LogP contribution in [0.1, 0.15) is 24.6 Å². The van der Waals surface area contributed by atoms with Crippen LogP contribution in [-0.4, -0.2) is 55.6 Å². The zero-order valence-corrected chi connectivity index (χ0v) is 10.6. The number of aliphatic hydroxyl groups excluding tert-OH is 1. The van der Waals surface area contributed by atoms with Crippen LogP contribution in [0.25, 0.3) is 0 Å². The zero-order valence-electron chi connectivity index (χ0n) is 9.83. The van der Waals surface area contributed by atoms with E-state index in [0.717, 1.165) is 19.1 Å². The fraction of sp³-hybridized carbons (Fsp3) is 0.818. The van der Waals surface area contributed by atoms with Crippen LogP contribution in [-0.2, 0) is 6.61 Å². The Morgan fingerprint density at radius 3 is 2.71 bits per heavy atom. The molecule has 2 aliphatic rings. The van der Waals surface area contributed by atoms with Crippen LogP contribution in [0.2, 0.25) is 0 Å². The highest BCUT2D eigenvalue weighted by atomic mass is 32.2. The Balaban J connectivity index is 1.53. The van der Waals surface area contributed by atoms with Gasteiger partial charge in [-0.25, -0.2) is 4.68 Å². The monoisotopic (exact) mass is 254 g/mol. The summed E-state index contributed by atoms with van der Waals surface area (Å²) in [7, 11) is 0. The molecule has 1 aromatic rings. The van der Waals surface area contributed by atoms with Gasteiger partial charge in [0.2, 0.25) is 0 Å². The Kier molecular flexibility index (Phi) is 3.35. The molecule has 0 aromatic carbocycles. The minimum absolute atomic E-state index is 0.0176. The zero-order chi connectivity index (χ0) is 11.7. The van der Waals surface area contributed by atoms with Crippen molar-refractivity contribution in [1.82, 2.24) is 19.9 Å². The number of aliphatic hydroxyl groups is 1. The van der Waals surface area contributed by atoms with Crippen molar-refractivity contribution in [2.45, 2.75) is 31.5 Å². The lowest BCUT2D eigenvalue weighted by Gasteiger charge is -2.45. The van der Waals surface area contributed by atoms with E-state index in [4.69, 9.17) is 5.11 Å². The lowest BCUT2D eigenvalue weighted by Crippen LogP contribution is -2.53. The standard InChI is InChI=1S/C11H18N4OS/c16-8-9-5-15(13-12-9)11-6-14(7-11)10-1-3-17-4-2-10/h5,10-11,16H,1-4,6-8H2. The van der Waals surface area contributed by atoms with Gasteiger partial charge >= 0.3 is 0 Å². The van der Waals surface area contributed by atoms with Crippen LogP contribution in [0.3, 0.4) is 0 Å². The van der Waals surface area contributed by atoms with Gasteiger partial charge in [-0.15, -0.1) is 5.10 Å². The Hall–Kier alpha value is -0.590. The van der Waals surface area contributed by atoms with Crippen molar-refractivity contribution in [2.75, 3.05) is 24.6 Å². The van der Waals surface area contributed by atoms with Crippen LogP contribution in [0, 0.1) is 0 Å². The van der Waals surface area contributed by atoms with Crippen molar-refractivity contribution in [3.8, 4) is 0 Å².